The Morgan fingerprint density at radius 1 is 1.20 bits per heavy atom. The second kappa shape index (κ2) is 8.76. The lowest BCUT2D eigenvalue weighted by Crippen LogP contribution is -2.46. The molecule has 1 saturated carbocycles. The number of carboxylic acid groups (broad SMARTS) is 1. The van der Waals surface area contributed by atoms with Crippen LogP contribution in [0.1, 0.15) is 19.3 Å². The summed E-state index contributed by atoms with van der Waals surface area (Å²) in [5, 5.41) is 11.8. The Labute approximate surface area is 119 Å². The van der Waals surface area contributed by atoms with E-state index in [1.807, 2.05) is 0 Å². The van der Waals surface area contributed by atoms with E-state index in [0.717, 1.165) is 0 Å². The predicted molar refractivity (Wildman–Crippen MR) is 72.6 cm³/mol. The molecule has 0 bridgehead atoms. The number of nitrogens with zero attached hydrogens (tertiary/aromatic N) is 1. The van der Waals surface area contributed by atoms with Crippen molar-refractivity contribution in [1.82, 2.24) is 10.2 Å². The van der Waals surface area contributed by atoms with E-state index in [2.05, 4.69) is 5.32 Å². The van der Waals surface area contributed by atoms with Crippen molar-refractivity contribution in [2.45, 2.75) is 25.3 Å². The molecule has 0 heterocycles. The molecule has 7 nitrogen and oxygen atoms in total. The van der Waals surface area contributed by atoms with Gasteiger partial charge in [-0.2, -0.15) is 0 Å². The molecule has 1 fully saturated rings. The molecule has 2 amide bonds. The van der Waals surface area contributed by atoms with Gasteiger partial charge < -0.3 is 24.8 Å². The van der Waals surface area contributed by atoms with Crippen LogP contribution in [-0.4, -0.2) is 68.6 Å². The monoisotopic (exact) mass is 288 g/mol. The maximum atomic E-state index is 12.1. The Hall–Kier alpha value is -1.34. The van der Waals surface area contributed by atoms with E-state index in [9.17, 15) is 9.59 Å². The van der Waals surface area contributed by atoms with Crippen molar-refractivity contribution in [2.75, 3.05) is 40.5 Å². The zero-order chi connectivity index (χ0) is 15.0. The van der Waals surface area contributed by atoms with E-state index < -0.39 is 5.97 Å². The Morgan fingerprint density at radius 3 is 2.25 bits per heavy atom. The predicted octanol–water partition coefficient (Wildman–Crippen LogP) is 0.544. The summed E-state index contributed by atoms with van der Waals surface area (Å²) in [7, 11) is 3.17. The molecule has 7 heteroatoms. The first-order chi connectivity index (χ1) is 9.58. The molecule has 1 aliphatic rings. The van der Waals surface area contributed by atoms with Gasteiger partial charge in [0.05, 0.1) is 19.1 Å². The van der Waals surface area contributed by atoms with Gasteiger partial charge in [-0.3, -0.25) is 4.79 Å². The maximum absolute atomic E-state index is 12.1. The molecule has 0 aromatic rings. The fourth-order valence-corrected chi connectivity index (χ4v) is 2.32. The minimum Gasteiger partial charge on any atom is -0.481 e. The van der Waals surface area contributed by atoms with Gasteiger partial charge in [0.1, 0.15) is 0 Å². The SMILES string of the molecule is COCCN(CCOC)C(=O)N[C@H]1CC[C@@H](C(=O)O)C1. The number of amides is 2. The quantitative estimate of drug-likeness (QED) is 0.681. The lowest BCUT2D eigenvalue weighted by molar-refractivity contribution is -0.141. The van der Waals surface area contributed by atoms with Crippen LogP contribution < -0.4 is 5.32 Å². The Bertz CT molecular complexity index is 316. The summed E-state index contributed by atoms with van der Waals surface area (Å²) in [6, 6.07) is -0.244. The molecule has 0 aromatic heterocycles. The molecule has 0 aliphatic heterocycles. The smallest absolute Gasteiger partial charge is 0.317 e. The van der Waals surface area contributed by atoms with Gasteiger partial charge in [0.2, 0.25) is 0 Å². The van der Waals surface area contributed by atoms with E-state index in [-0.39, 0.29) is 18.0 Å². The summed E-state index contributed by atoms with van der Waals surface area (Å²) in [5.74, 6) is -1.12. The molecule has 0 aromatic carbocycles. The van der Waals surface area contributed by atoms with Gasteiger partial charge in [-0.15, -0.1) is 0 Å². The number of hydrogen-bond donors (Lipinski definition) is 2. The fourth-order valence-electron chi connectivity index (χ4n) is 2.32. The number of hydrogen-bond acceptors (Lipinski definition) is 4. The zero-order valence-electron chi connectivity index (χ0n) is 12.1. The van der Waals surface area contributed by atoms with Crippen LogP contribution in [0.4, 0.5) is 4.79 Å². The topological polar surface area (TPSA) is 88.1 Å². The highest BCUT2D eigenvalue weighted by Gasteiger charge is 2.31. The van der Waals surface area contributed by atoms with Crippen LogP contribution in [0.15, 0.2) is 0 Å². The highest BCUT2D eigenvalue weighted by Crippen LogP contribution is 2.25. The summed E-state index contributed by atoms with van der Waals surface area (Å²) in [6.45, 7) is 1.89. The maximum Gasteiger partial charge on any atom is 0.317 e. The molecule has 1 rings (SSSR count). The standard InChI is InChI=1S/C13H24N2O5/c1-19-7-5-15(6-8-20-2)13(18)14-11-4-3-10(9-11)12(16)17/h10-11H,3-9H2,1-2H3,(H,14,18)(H,16,17)/t10-,11+/m1/s1. The minimum atomic E-state index is -0.780. The van der Waals surface area contributed by atoms with E-state index in [1.165, 1.54) is 0 Å². The lowest BCUT2D eigenvalue weighted by Gasteiger charge is -2.24. The number of rotatable bonds is 8. The van der Waals surface area contributed by atoms with Crippen molar-refractivity contribution in [3.05, 3.63) is 0 Å². The second-order valence-corrected chi connectivity index (χ2v) is 4.97. The van der Waals surface area contributed by atoms with Crippen molar-refractivity contribution >= 4 is 12.0 Å². The van der Waals surface area contributed by atoms with Crippen molar-refractivity contribution in [3.63, 3.8) is 0 Å². The fraction of sp³-hybridized carbons (Fsp3) is 0.846. The first-order valence-corrected chi connectivity index (χ1v) is 6.84. The molecule has 0 radical (unpaired) electrons. The number of methoxy groups -OCH3 is 2. The highest BCUT2D eigenvalue weighted by atomic mass is 16.5. The molecule has 0 saturated heterocycles. The molecule has 116 valence electrons. The summed E-state index contributed by atoms with van der Waals surface area (Å²) in [6.07, 6.45) is 1.84. The van der Waals surface area contributed by atoms with Crippen LogP contribution in [0.2, 0.25) is 0 Å². The number of nitrogens with one attached hydrogen (secondary N) is 1. The first-order valence-electron chi connectivity index (χ1n) is 6.84. The van der Waals surface area contributed by atoms with Crippen LogP contribution in [0.25, 0.3) is 0 Å². The van der Waals surface area contributed by atoms with E-state index in [4.69, 9.17) is 14.6 Å². The molecule has 20 heavy (non-hydrogen) atoms. The normalized spacial score (nSPS) is 21.7. The van der Waals surface area contributed by atoms with Crippen LogP contribution in [0.5, 0.6) is 0 Å². The molecule has 0 unspecified atom stereocenters. The van der Waals surface area contributed by atoms with Gasteiger partial charge in [0.15, 0.2) is 0 Å². The Kier molecular flexibility index (Phi) is 7.32. The number of aliphatic carboxylic acids is 1. The van der Waals surface area contributed by atoms with Crippen LogP contribution in [0, 0.1) is 5.92 Å². The van der Waals surface area contributed by atoms with Gasteiger partial charge >= 0.3 is 12.0 Å². The zero-order valence-corrected chi connectivity index (χ0v) is 12.1. The third kappa shape index (κ3) is 5.34. The van der Waals surface area contributed by atoms with Gasteiger partial charge in [0, 0.05) is 33.4 Å². The highest BCUT2D eigenvalue weighted by molar-refractivity contribution is 5.75. The van der Waals surface area contributed by atoms with E-state index >= 15 is 0 Å². The number of carbonyl (C=O) groups is 2. The number of carbonyl (C=O) groups excluding carboxylic acids is 1. The summed E-state index contributed by atoms with van der Waals surface area (Å²) in [4.78, 5) is 24.7. The number of urea groups is 1. The number of ether oxygens (including phenoxy) is 2. The molecule has 2 atom stereocenters. The summed E-state index contributed by atoms with van der Waals surface area (Å²) < 4.78 is 9.96. The number of carboxylic acids is 1. The van der Waals surface area contributed by atoms with Crippen molar-refractivity contribution < 1.29 is 24.2 Å². The first kappa shape index (κ1) is 16.7. The van der Waals surface area contributed by atoms with Crippen LogP contribution >= 0.6 is 0 Å². The van der Waals surface area contributed by atoms with E-state index in [0.29, 0.717) is 45.6 Å². The average Bonchev–Trinajstić information content (AvgIpc) is 2.87. The molecular weight excluding hydrogens is 264 g/mol. The summed E-state index contributed by atoms with van der Waals surface area (Å²) >= 11 is 0. The van der Waals surface area contributed by atoms with Crippen molar-refractivity contribution in [3.8, 4) is 0 Å². The van der Waals surface area contributed by atoms with Gasteiger partial charge in [0.25, 0.3) is 0 Å². The second-order valence-electron chi connectivity index (χ2n) is 4.97. The van der Waals surface area contributed by atoms with Gasteiger partial charge in [-0.05, 0) is 19.3 Å². The van der Waals surface area contributed by atoms with Gasteiger partial charge in [-0.1, -0.05) is 0 Å². The molecule has 1 aliphatic carbocycles. The van der Waals surface area contributed by atoms with Crippen LogP contribution in [-0.2, 0) is 14.3 Å². The Morgan fingerprint density at radius 2 is 1.80 bits per heavy atom. The molecule has 2 N–H and O–H groups in total. The van der Waals surface area contributed by atoms with Gasteiger partial charge in [-0.25, -0.2) is 4.79 Å². The molecule has 0 spiro atoms. The van der Waals surface area contributed by atoms with Crippen LogP contribution in [0.3, 0.4) is 0 Å². The third-order valence-electron chi connectivity index (χ3n) is 3.53. The van der Waals surface area contributed by atoms with Crippen molar-refractivity contribution in [2.24, 2.45) is 5.92 Å². The van der Waals surface area contributed by atoms with Crippen molar-refractivity contribution in [1.29, 1.82) is 0 Å². The largest absolute Gasteiger partial charge is 0.481 e. The third-order valence-corrected chi connectivity index (χ3v) is 3.53. The Balaban J connectivity index is 2.42. The average molecular weight is 288 g/mol. The minimum absolute atomic E-state index is 0.0591. The van der Waals surface area contributed by atoms with E-state index in [1.54, 1.807) is 19.1 Å². The molecular formula is C13H24N2O5. The summed E-state index contributed by atoms with van der Waals surface area (Å²) in [5.41, 5.74) is 0. The lowest BCUT2D eigenvalue weighted by atomic mass is 10.1.